The van der Waals surface area contributed by atoms with Crippen LogP contribution in [0.1, 0.15) is 11.3 Å². The molecule has 1 aliphatic heterocycles. The average molecular weight is 425 g/mol. The molecule has 1 aromatic heterocycles. The number of benzene rings is 2. The fourth-order valence-electron chi connectivity index (χ4n) is 3.29. The van der Waals surface area contributed by atoms with E-state index in [4.69, 9.17) is 4.74 Å². The number of aryl methyl sites for hydroxylation is 1. The highest BCUT2D eigenvalue weighted by Crippen LogP contribution is 2.22. The second kappa shape index (κ2) is 7.75. The topological polar surface area (TPSA) is 106 Å². The van der Waals surface area contributed by atoms with Crippen molar-refractivity contribution in [2.45, 2.75) is 18.4 Å². The number of nitrogens with one attached hydrogen (secondary N) is 1. The normalized spacial score (nSPS) is 14.2. The first-order valence-electron chi connectivity index (χ1n) is 9.21. The number of rotatable bonds is 6. The Morgan fingerprint density at radius 3 is 2.53 bits per heavy atom. The van der Waals surface area contributed by atoms with Crippen molar-refractivity contribution in [1.82, 2.24) is 15.2 Å². The molecule has 4 rings (SSSR count). The molecule has 1 aliphatic rings. The van der Waals surface area contributed by atoms with Gasteiger partial charge in [-0.05, 0) is 43.3 Å². The van der Waals surface area contributed by atoms with Crippen molar-refractivity contribution in [3.8, 4) is 5.75 Å². The van der Waals surface area contributed by atoms with E-state index in [1.807, 2.05) is 37.3 Å². The maximum absolute atomic E-state index is 12.5. The van der Waals surface area contributed by atoms with Crippen molar-refractivity contribution in [2.24, 2.45) is 0 Å². The molecule has 0 aliphatic carbocycles. The van der Waals surface area contributed by atoms with Crippen LogP contribution in [0.3, 0.4) is 0 Å². The number of amides is 3. The van der Waals surface area contributed by atoms with E-state index in [1.54, 1.807) is 12.1 Å². The van der Waals surface area contributed by atoms with E-state index in [0.717, 1.165) is 27.1 Å². The second-order valence-corrected chi connectivity index (χ2v) is 8.95. The summed E-state index contributed by atoms with van der Waals surface area (Å²) in [6, 6.07) is 15.0. The highest BCUT2D eigenvalue weighted by Gasteiger charge is 2.31. The standard InChI is InChI=1S/C21H19N3O5S/c1-14-10-15(18-4-2-3-5-19(18)22-14)12-29-16-6-8-17(9-7-16)30(27,28)13-24-11-20(25)23-21(24)26/h2-10H,11-13H2,1H3,(H,23,25,26). The molecule has 0 saturated carbocycles. The Balaban J connectivity index is 1.47. The van der Waals surface area contributed by atoms with E-state index in [2.05, 4.69) is 10.3 Å². The van der Waals surface area contributed by atoms with E-state index >= 15 is 0 Å². The number of ether oxygens (including phenoxy) is 1. The van der Waals surface area contributed by atoms with Crippen LogP contribution in [-0.2, 0) is 21.2 Å². The van der Waals surface area contributed by atoms with Gasteiger partial charge < -0.3 is 9.64 Å². The Kier molecular flexibility index (Phi) is 5.13. The number of nitrogens with zero attached hydrogens (tertiary/aromatic N) is 2. The molecule has 8 nitrogen and oxygen atoms in total. The molecule has 3 aromatic rings. The number of hydrogen-bond acceptors (Lipinski definition) is 6. The number of hydrogen-bond donors (Lipinski definition) is 1. The fourth-order valence-corrected chi connectivity index (χ4v) is 4.60. The molecule has 1 saturated heterocycles. The predicted octanol–water partition coefficient (Wildman–Crippen LogP) is 2.41. The molecular weight excluding hydrogens is 406 g/mol. The molecule has 0 unspecified atom stereocenters. The van der Waals surface area contributed by atoms with Crippen molar-refractivity contribution in [3.05, 3.63) is 65.9 Å². The molecule has 0 bridgehead atoms. The van der Waals surface area contributed by atoms with Crippen molar-refractivity contribution in [1.29, 1.82) is 0 Å². The lowest BCUT2D eigenvalue weighted by Gasteiger charge is -2.14. The Hall–Kier alpha value is -3.46. The molecule has 1 N–H and O–H groups in total. The maximum atomic E-state index is 12.5. The number of carbonyl (C=O) groups excluding carboxylic acids is 2. The number of urea groups is 1. The van der Waals surface area contributed by atoms with Gasteiger partial charge in [0.2, 0.25) is 5.91 Å². The minimum atomic E-state index is -3.77. The lowest BCUT2D eigenvalue weighted by Crippen LogP contribution is -2.33. The lowest BCUT2D eigenvalue weighted by molar-refractivity contribution is -0.118. The number of carbonyl (C=O) groups is 2. The summed E-state index contributed by atoms with van der Waals surface area (Å²) < 4.78 is 30.9. The van der Waals surface area contributed by atoms with Crippen molar-refractivity contribution in [2.75, 3.05) is 12.4 Å². The molecule has 1 fully saturated rings. The molecular formula is C21H19N3O5S. The molecule has 0 atom stereocenters. The molecule has 0 spiro atoms. The van der Waals surface area contributed by atoms with Crippen LogP contribution >= 0.6 is 0 Å². The van der Waals surface area contributed by atoms with Gasteiger partial charge in [0.25, 0.3) is 0 Å². The summed E-state index contributed by atoms with van der Waals surface area (Å²) in [4.78, 5) is 28.3. The highest BCUT2D eigenvalue weighted by molar-refractivity contribution is 7.91. The number of sulfone groups is 1. The molecule has 9 heteroatoms. The molecule has 2 heterocycles. The number of fused-ring (bicyclic) bond motifs is 1. The molecule has 3 amide bonds. The summed E-state index contributed by atoms with van der Waals surface area (Å²) in [7, 11) is -3.77. The lowest BCUT2D eigenvalue weighted by atomic mass is 10.1. The van der Waals surface area contributed by atoms with E-state index in [9.17, 15) is 18.0 Å². The third-order valence-electron chi connectivity index (χ3n) is 4.70. The van der Waals surface area contributed by atoms with Crippen LogP contribution in [0.15, 0.2) is 59.5 Å². The van der Waals surface area contributed by atoms with Gasteiger partial charge in [-0.1, -0.05) is 18.2 Å². The van der Waals surface area contributed by atoms with Gasteiger partial charge in [-0.15, -0.1) is 0 Å². The van der Waals surface area contributed by atoms with Crippen LogP contribution in [0.4, 0.5) is 4.79 Å². The quantitative estimate of drug-likeness (QED) is 0.608. The van der Waals surface area contributed by atoms with Gasteiger partial charge in [-0.25, -0.2) is 13.2 Å². The molecule has 2 aromatic carbocycles. The zero-order valence-electron chi connectivity index (χ0n) is 16.2. The number of imide groups is 1. The van der Waals surface area contributed by atoms with Crippen LogP contribution in [-0.4, -0.2) is 42.7 Å². The third kappa shape index (κ3) is 4.11. The molecule has 154 valence electrons. The van der Waals surface area contributed by atoms with E-state index in [0.29, 0.717) is 12.4 Å². The minimum Gasteiger partial charge on any atom is -0.489 e. The van der Waals surface area contributed by atoms with E-state index < -0.39 is 27.7 Å². The van der Waals surface area contributed by atoms with Gasteiger partial charge >= 0.3 is 6.03 Å². The summed E-state index contributed by atoms with van der Waals surface area (Å²) >= 11 is 0. The largest absolute Gasteiger partial charge is 0.489 e. The van der Waals surface area contributed by atoms with Gasteiger partial charge in [-0.3, -0.25) is 15.1 Å². The summed E-state index contributed by atoms with van der Waals surface area (Å²) in [6.07, 6.45) is 0. The van der Waals surface area contributed by atoms with Crippen LogP contribution in [0.5, 0.6) is 5.75 Å². The first-order valence-corrected chi connectivity index (χ1v) is 10.9. The minimum absolute atomic E-state index is 0.0483. The van der Waals surface area contributed by atoms with E-state index in [-0.39, 0.29) is 11.4 Å². The first kappa shape index (κ1) is 19.8. The summed E-state index contributed by atoms with van der Waals surface area (Å²) in [5.74, 6) is -0.563. The SMILES string of the molecule is Cc1cc(COc2ccc(S(=O)(=O)CN3CC(=O)NC3=O)cc2)c2ccccc2n1. The van der Waals surface area contributed by atoms with Gasteiger partial charge in [-0.2, -0.15) is 0 Å². The first-order chi connectivity index (χ1) is 14.3. The monoisotopic (exact) mass is 425 g/mol. The van der Waals surface area contributed by atoms with E-state index in [1.165, 1.54) is 12.1 Å². The van der Waals surface area contributed by atoms with Crippen LogP contribution in [0, 0.1) is 6.92 Å². The summed E-state index contributed by atoms with van der Waals surface area (Å²) in [5.41, 5.74) is 2.76. The Morgan fingerprint density at radius 1 is 1.10 bits per heavy atom. The predicted molar refractivity (Wildman–Crippen MR) is 110 cm³/mol. The number of para-hydroxylation sites is 1. The summed E-state index contributed by atoms with van der Waals surface area (Å²) in [6.45, 7) is 1.97. The van der Waals surface area contributed by atoms with Crippen LogP contribution in [0.2, 0.25) is 0 Å². The molecule has 30 heavy (non-hydrogen) atoms. The van der Waals surface area contributed by atoms with Crippen LogP contribution in [0.25, 0.3) is 10.9 Å². The summed E-state index contributed by atoms with van der Waals surface area (Å²) in [5, 5.41) is 3.06. The maximum Gasteiger partial charge on any atom is 0.325 e. The zero-order valence-corrected chi connectivity index (χ0v) is 17.0. The smallest absolute Gasteiger partial charge is 0.325 e. The molecule has 0 radical (unpaired) electrons. The highest BCUT2D eigenvalue weighted by atomic mass is 32.2. The number of pyridine rings is 1. The number of aromatic nitrogens is 1. The Bertz CT molecular complexity index is 1240. The van der Waals surface area contributed by atoms with Crippen molar-refractivity contribution in [3.63, 3.8) is 0 Å². The van der Waals surface area contributed by atoms with Gasteiger partial charge in [0.15, 0.2) is 9.84 Å². The fraction of sp³-hybridized carbons (Fsp3) is 0.190. The van der Waals surface area contributed by atoms with Gasteiger partial charge in [0.1, 0.15) is 24.8 Å². The average Bonchev–Trinajstić information content (AvgIpc) is 3.02. The Morgan fingerprint density at radius 2 is 1.83 bits per heavy atom. The second-order valence-electron chi connectivity index (χ2n) is 7.00. The Labute approximate surface area is 173 Å². The zero-order chi connectivity index (χ0) is 21.3. The third-order valence-corrected chi connectivity index (χ3v) is 6.34. The van der Waals surface area contributed by atoms with Crippen molar-refractivity contribution < 1.29 is 22.7 Å². The van der Waals surface area contributed by atoms with Gasteiger partial charge in [0.05, 0.1) is 10.4 Å². The van der Waals surface area contributed by atoms with Gasteiger partial charge in [0, 0.05) is 16.6 Å². The van der Waals surface area contributed by atoms with Crippen LogP contribution < -0.4 is 10.1 Å². The van der Waals surface area contributed by atoms with Crippen molar-refractivity contribution >= 4 is 32.7 Å².